The number of amides is 1. The molecule has 0 fully saturated rings. The molecule has 1 heterocycles. The van der Waals surface area contributed by atoms with Crippen molar-refractivity contribution in [3.63, 3.8) is 0 Å². The number of thiophene rings is 1. The van der Waals surface area contributed by atoms with Crippen LogP contribution in [0.1, 0.15) is 34.5 Å². The van der Waals surface area contributed by atoms with Gasteiger partial charge in [-0.3, -0.25) is 9.59 Å². The number of hydrogen-bond acceptors (Lipinski definition) is 4. The Hall–Kier alpha value is -2.14. The van der Waals surface area contributed by atoms with E-state index in [2.05, 4.69) is 5.32 Å². The molecule has 0 aliphatic carbocycles. The van der Waals surface area contributed by atoms with Crippen molar-refractivity contribution in [1.82, 2.24) is 5.32 Å². The van der Waals surface area contributed by atoms with Crippen LogP contribution in [0.5, 0.6) is 5.75 Å². The van der Waals surface area contributed by atoms with E-state index >= 15 is 0 Å². The Bertz CT molecular complexity index is 605. The van der Waals surface area contributed by atoms with Gasteiger partial charge in [0, 0.05) is 19.4 Å². The molecule has 0 spiro atoms. The standard InChI is InChI=1S/C17H19NO3S/c1-21-14-9-7-13(8-10-14)12-18-17(20)6-2-4-15(19)16-5-3-11-22-16/h3,5,7-11H,2,4,6,12H2,1H3,(H,18,20). The molecule has 0 aliphatic rings. The fraction of sp³-hybridized carbons (Fsp3) is 0.294. The first-order valence-electron chi connectivity index (χ1n) is 7.15. The summed E-state index contributed by atoms with van der Waals surface area (Å²) in [4.78, 5) is 24.3. The lowest BCUT2D eigenvalue weighted by atomic mass is 10.1. The number of carbonyl (C=O) groups is 2. The molecular formula is C17H19NO3S. The van der Waals surface area contributed by atoms with Crippen molar-refractivity contribution in [3.8, 4) is 5.75 Å². The van der Waals surface area contributed by atoms with Gasteiger partial charge in [-0.15, -0.1) is 11.3 Å². The molecule has 1 amide bonds. The molecule has 5 heteroatoms. The van der Waals surface area contributed by atoms with Crippen LogP contribution in [-0.4, -0.2) is 18.8 Å². The summed E-state index contributed by atoms with van der Waals surface area (Å²) in [5.74, 6) is 0.870. The Labute approximate surface area is 134 Å². The molecule has 116 valence electrons. The van der Waals surface area contributed by atoms with Crippen LogP contribution in [0.15, 0.2) is 41.8 Å². The lowest BCUT2D eigenvalue weighted by Gasteiger charge is -2.06. The summed E-state index contributed by atoms with van der Waals surface area (Å²) in [5.41, 5.74) is 1.02. The van der Waals surface area contributed by atoms with Crippen LogP contribution in [0.3, 0.4) is 0 Å². The molecule has 0 saturated heterocycles. The number of nitrogens with one attached hydrogen (secondary N) is 1. The molecule has 2 rings (SSSR count). The summed E-state index contributed by atoms with van der Waals surface area (Å²) < 4.78 is 5.08. The first-order chi connectivity index (χ1) is 10.7. The third kappa shape index (κ3) is 5.00. The highest BCUT2D eigenvalue weighted by Crippen LogP contribution is 2.13. The first-order valence-corrected chi connectivity index (χ1v) is 8.03. The van der Waals surface area contributed by atoms with E-state index in [0.29, 0.717) is 25.8 Å². The highest BCUT2D eigenvalue weighted by molar-refractivity contribution is 7.12. The van der Waals surface area contributed by atoms with E-state index in [9.17, 15) is 9.59 Å². The minimum atomic E-state index is -0.0326. The number of methoxy groups -OCH3 is 1. The van der Waals surface area contributed by atoms with Crippen LogP contribution in [0.25, 0.3) is 0 Å². The van der Waals surface area contributed by atoms with Crippen molar-refractivity contribution < 1.29 is 14.3 Å². The van der Waals surface area contributed by atoms with Gasteiger partial charge in [-0.25, -0.2) is 0 Å². The predicted molar refractivity (Wildman–Crippen MR) is 87.3 cm³/mol. The largest absolute Gasteiger partial charge is 0.497 e. The summed E-state index contributed by atoms with van der Waals surface area (Å²) in [7, 11) is 1.62. The smallest absolute Gasteiger partial charge is 0.220 e. The second-order valence-corrected chi connectivity index (χ2v) is 5.83. The van der Waals surface area contributed by atoms with Crippen molar-refractivity contribution >= 4 is 23.0 Å². The van der Waals surface area contributed by atoms with Crippen molar-refractivity contribution in [2.24, 2.45) is 0 Å². The van der Waals surface area contributed by atoms with Crippen LogP contribution < -0.4 is 10.1 Å². The minimum Gasteiger partial charge on any atom is -0.497 e. The quantitative estimate of drug-likeness (QED) is 0.759. The average molecular weight is 317 g/mol. The Kier molecular flexibility index (Phi) is 6.15. The van der Waals surface area contributed by atoms with Crippen LogP contribution in [0.4, 0.5) is 0 Å². The Morgan fingerprint density at radius 1 is 1.14 bits per heavy atom. The third-order valence-electron chi connectivity index (χ3n) is 3.25. The molecule has 1 aromatic heterocycles. The van der Waals surface area contributed by atoms with E-state index in [4.69, 9.17) is 4.74 Å². The van der Waals surface area contributed by atoms with Crippen molar-refractivity contribution in [2.45, 2.75) is 25.8 Å². The molecule has 0 aliphatic heterocycles. The average Bonchev–Trinajstić information content (AvgIpc) is 3.08. The fourth-order valence-corrected chi connectivity index (χ4v) is 2.70. The zero-order valence-corrected chi connectivity index (χ0v) is 13.3. The van der Waals surface area contributed by atoms with Crippen LogP contribution in [-0.2, 0) is 11.3 Å². The Balaban J connectivity index is 1.66. The maximum absolute atomic E-state index is 11.8. The third-order valence-corrected chi connectivity index (χ3v) is 4.16. The summed E-state index contributed by atoms with van der Waals surface area (Å²) in [5, 5.41) is 4.74. The molecule has 22 heavy (non-hydrogen) atoms. The molecule has 0 atom stereocenters. The Morgan fingerprint density at radius 2 is 1.91 bits per heavy atom. The fourth-order valence-electron chi connectivity index (χ4n) is 2.00. The van der Waals surface area contributed by atoms with Gasteiger partial charge in [0.15, 0.2) is 5.78 Å². The van der Waals surface area contributed by atoms with E-state index in [1.807, 2.05) is 41.8 Å². The first kappa shape index (κ1) is 16.2. The molecule has 1 N–H and O–H groups in total. The van der Waals surface area contributed by atoms with Crippen LogP contribution >= 0.6 is 11.3 Å². The molecule has 4 nitrogen and oxygen atoms in total. The van der Waals surface area contributed by atoms with E-state index in [-0.39, 0.29) is 11.7 Å². The van der Waals surface area contributed by atoms with Crippen LogP contribution in [0, 0.1) is 0 Å². The molecule has 0 saturated carbocycles. The Morgan fingerprint density at radius 3 is 2.55 bits per heavy atom. The van der Waals surface area contributed by atoms with Gasteiger partial charge in [0.1, 0.15) is 5.75 Å². The van der Waals surface area contributed by atoms with Gasteiger partial charge in [0.2, 0.25) is 5.91 Å². The molecule has 2 aromatic rings. The number of ketones is 1. The van der Waals surface area contributed by atoms with Crippen molar-refractivity contribution in [2.75, 3.05) is 7.11 Å². The normalized spacial score (nSPS) is 10.2. The zero-order valence-electron chi connectivity index (χ0n) is 12.5. The topological polar surface area (TPSA) is 55.4 Å². The number of benzene rings is 1. The lowest BCUT2D eigenvalue weighted by Crippen LogP contribution is -2.22. The number of carbonyl (C=O) groups excluding carboxylic acids is 2. The van der Waals surface area contributed by atoms with Gasteiger partial charge in [-0.05, 0) is 35.6 Å². The van der Waals surface area contributed by atoms with Gasteiger partial charge in [-0.1, -0.05) is 18.2 Å². The highest BCUT2D eigenvalue weighted by Gasteiger charge is 2.08. The summed E-state index contributed by atoms with van der Waals surface area (Å²) in [6, 6.07) is 11.2. The second-order valence-electron chi connectivity index (χ2n) is 4.88. The summed E-state index contributed by atoms with van der Waals surface area (Å²) in [6.45, 7) is 0.488. The highest BCUT2D eigenvalue weighted by atomic mass is 32.1. The molecule has 0 radical (unpaired) electrons. The number of rotatable bonds is 8. The van der Waals surface area contributed by atoms with E-state index in [1.54, 1.807) is 7.11 Å². The molecule has 0 bridgehead atoms. The summed E-state index contributed by atoms with van der Waals surface area (Å²) in [6.07, 6.45) is 1.36. The van der Waals surface area contributed by atoms with Gasteiger partial charge in [0.05, 0.1) is 12.0 Å². The lowest BCUT2D eigenvalue weighted by molar-refractivity contribution is -0.121. The zero-order chi connectivity index (χ0) is 15.8. The van der Waals surface area contributed by atoms with Crippen molar-refractivity contribution in [1.29, 1.82) is 0 Å². The number of Topliss-reactive ketones (excluding diaryl/α,β-unsaturated/α-hetero) is 1. The monoisotopic (exact) mass is 317 g/mol. The van der Waals surface area contributed by atoms with E-state index in [0.717, 1.165) is 16.2 Å². The molecule has 0 unspecified atom stereocenters. The van der Waals surface area contributed by atoms with Crippen molar-refractivity contribution in [3.05, 3.63) is 52.2 Å². The van der Waals surface area contributed by atoms with E-state index in [1.165, 1.54) is 11.3 Å². The number of ether oxygens (including phenoxy) is 1. The maximum Gasteiger partial charge on any atom is 0.220 e. The molecule has 1 aromatic carbocycles. The van der Waals surface area contributed by atoms with Gasteiger partial charge in [0.25, 0.3) is 0 Å². The SMILES string of the molecule is COc1ccc(CNC(=O)CCCC(=O)c2cccs2)cc1. The van der Waals surface area contributed by atoms with Gasteiger partial charge < -0.3 is 10.1 Å². The minimum absolute atomic E-state index is 0.0326. The van der Waals surface area contributed by atoms with Gasteiger partial charge >= 0.3 is 0 Å². The van der Waals surface area contributed by atoms with E-state index < -0.39 is 0 Å². The van der Waals surface area contributed by atoms with Crippen LogP contribution in [0.2, 0.25) is 0 Å². The van der Waals surface area contributed by atoms with Gasteiger partial charge in [-0.2, -0.15) is 0 Å². The maximum atomic E-state index is 11.8. The second kappa shape index (κ2) is 8.34. The summed E-state index contributed by atoms with van der Waals surface area (Å²) >= 11 is 1.44. The molecular weight excluding hydrogens is 298 g/mol. The number of hydrogen-bond donors (Lipinski definition) is 1. The predicted octanol–water partition coefficient (Wildman–Crippen LogP) is 3.43.